The molecule has 4 nitrogen and oxygen atoms in total. The summed E-state index contributed by atoms with van der Waals surface area (Å²) in [6, 6.07) is 0. The van der Waals surface area contributed by atoms with Gasteiger partial charge in [0.1, 0.15) is 0 Å². The number of hydrogen-bond donors (Lipinski definition) is 1. The van der Waals surface area contributed by atoms with Gasteiger partial charge < -0.3 is 5.11 Å². The third-order valence-electron chi connectivity index (χ3n) is 1.79. The van der Waals surface area contributed by atoms with Crippen molar-refractivity contribution in [2.24, 2.45) is 10.4 Å². The number of carbonyl (C=O) groups is 1. The molecule has 1 atom stereocenters. The summed E-state index contributed by atoms with van der Waals surface area (Å²) in [7, 11) is 0. The highest BCUT2D eigenvalue weighted by Gasteiger charge is 2.30. The van der Waals surface area contributed by atoms with Crippen LogP contribution >= 0.6 is 0 Å². The molecule has 0 radical (unpaired) electrons. The van der Waals surface area contributed by atoms with Crippen LogP contribution in [0.15, 0.2) is 4.99 Å². The summed E-state index contributed by atoms with van der Waals surface area (Å²) in [6.45, 7) is 3.30. The Morgan fingerprint density at radius 1 is 1.73 bits per heavy atom. The van der Waals surface area contributed by atoms with Gasteiger partial charge in [-0.25, -0.2) is 9.79 Å². The van der Waals surface area contributed by atoms with Crippen LogP contribution < -0.4 is 0 Å². The maximum atomic E-state index is 10.6. The maximum Gasteiger partial charge on any atom is 0.311 e. The van der Waals surface area contributed by atoms with Gasteiger partial charge in [0.2, 0.25) is 6.08 Å². The molecule has 0 amide bonds. The van der Waals surface area contributed by atoms with Crippen LogP contribution in [-0.2, 0) is 9.59 Å². The van der Waals surface area contributed by atoms with Crippen LogP contribution in [0.2, 0.25) is 0 Å². The van der Waals surface area contributed by atoms with E-state index in [2.05, 4.69) is 4.99 Å². The Morgan fingerprint density at radius 3 is 2.55 bits per heavy atom. The smallest absolute Gasteiger partial charge is 0.311 e. The average Bonchev–Trinajstić information content (AvgIpc) is 2.00. The van der Waals surface area contributed by atoms with Crippen LogP contribution in [0.4, 0.5) is 0 Å². The largest absolute Gasteiger partial charge is 0.481 e. The van der Waals surface area contributed by atoms with Gasteiger partial charge in [0.05, 0.1) is 12.0 Å². The number of nitrogens with zero attached hydrogens (tertiary/aromatic N) is 1. The van der Waals surface area contributed by atoms with Gasteiger partial charge in [-0.3, -0.25) is 4.79 Å². The quantitative estimate of drug-likeness (QED) is 0.485. The maximum absolute atomic E-state index is 10.6. The fourth-order valence-electron chi connectivity index (χ4n) is 0.537. The predicted octanol–water partition coefficient (Wildman–Crippen LogP) is 0.823. The van der Waals surface area contributed by atoms with Crippen molar-refractivity contribution in [1.82, 2.24) is 0 Å². The lowest BCUT2D eigenvalue weighted by Crippen LogP contribution is -2.29. The SMILES string of the molecule is CCC(C)(CN=C=O)C(=O)O. The molecule has 0 saturated heterocycles. The molecular formula is C7H11NO3. The zero-order chi connectivity index (χ0) is 8.91. The Bertz CT molecular complexity index is 196. The monoisotopic (exact) mass is 157 g/mol. The van der Waals surface area contributed by atoms with E-state index in [1.807, 2.05) is 0 Å². The molecule has 62 valence electrons. The molecular weight excluding hydrogens is 146 g/mol. The lowest BCUT2D eigenvalue weighted by molar-refractivity contribution is -0.147. The standard InChI is InChI=1S/C7H11NO3/c1-3-7(2,6(10)11)4-8-5-9/h3-4H2,1-2H3,(H,10,11). The number of isocyanates is 1. The molecule has 0 aliphatic heterocycles. The second-order valence-corrected chi connectivity index (χ2v) is 2.63. The number of aliphatic imine (C=N–C) groups is 1. The van der Waals surface area contributed by atoms with Crippen LogP contribution in [0.1, 0.15) is 20.3 Å². The second kappa shape index (κ2) is 3.88. The molecule has 0 aromatic rings. The lowest BCUT2D eigenvalue weighted by Gasteiger charge is -2.18. The molecule has 0 bridgehead atoms. The predicted molar refractivity (Wildman–Crippen MR) is 39.0 cm³/mol. The molecule has 0 rings (SSSR count). The van der Waals surface area contributed by atoms with Crippen molar-refractivity contribution in [2.45, 2.75) is 20.3 Å². The molecule has 0 aromatic carbocycles. The first kappa shape index (κ1) is 9.85. The van der Waals surface area contributed by atoms with E-state index in [0.29, 0.717) is 6.42 Å². The van der Waals surface area contributed by atoms with E-state index in [4.69, 9.17) is 5.11 Å². The lowest BCUT2D eigenvalue weighted by atomic mass is 9.88. The molecule has 0 aliphatic rings. The van der Waals surface area contributed by atoms with E-state index in [-0.39, 0.29) is 6.54 Å². The molecule has 0 spiro atoms. The van der Waals surface area contributed by atoms with Crippen molar-refractivity contribution in [2.75, 3.05) is 6.54 Å². The first-order valence-electron chi connectivity index (χ1n) is 3.34. The van der Waals surface area contributed by atoms with E-state index in [9.17, 15) is 9.59 Å². The zero-order valence-corrected chi connectivity index (χ0v) is 6.63. The summed E-state index contributed by atoms with van der Waals surface area (Å²) in [5.41, 5.74) is -0.919. The highest BCUT2D eigenvalue weighted by molar-refractivity contribution is 5.74. The van der Waals surface area contributed by atoms with E-state index in [0.717, 1.165) is 0 Å². The van der Waals surface area contributed by atoms with Crippen molar-refractivity contribution in [3.05, 3.63) is 0 Å². The first-order chi connectivity index (χ1) is 5.06. The van der Waals surface area contributed by atoms with Crippen molar-refractivity contribution in [1.29, 1.82) is 0 Å². The average molecular weight is 157 g/mol. The molecule has 0 aromatic heterocycles. The van der Waals surface area contributed by atoms with Crippen LogP contribution in [0.25, 0.3) is 0 Å². The normalized spacial score (nSPS) is 14.7. The van der Waals surface area contributed by atoms with E-state index in [1.54, 1.807) is 13.8 Å². The fraction of sp³-hybridized carbons (Fsp3) is 0.714. The minimum atomic E-state index is -0.931. The number of carboxylic acids is 1. The van der Waals surface area contributed by atoms with Crippen LogP contribution in [0, 0.1) is 5.41 Å². The van der Waals surface area contributed by atoms with Crippen LogP contribution in [-0.4, -0.2) is 23.7 Å². The van der Waals surface area contributed by atoms with Crippen molar-refractivity contribution < 1.29 is 14.7 Å². The van der Waals surface area contributed by atoms with Gasteiger partial charge in [-0.2, -0.15) is 0 Å². The molecule has 0 saturated carbocycles. The molecule has 1 N–H and O–H groups in total. The van der Waals surface area contributed by atoms with E-state index < -0.39 is 11.4 Å². The summed E-state index contributed by atoms with van der Waals surface area (Å²) in [4.78, 5) is 23.5. The Balaban J connectivity index is 4.33. The highest BCUT2D eigenvalue weighted by atomic mass is 16.4. The molecule has 1 unspecified atom stereocenters. The van der Waals surface area contributed by atoms with Crippen LogP contribution in [0.3, 0.4) is 0 Å². The van der Waals surface area contributed by atoms with Gasteiger partial charge >= 0.3 is 5.97 Å². The summed E-state index contributed by atoms with van der Waals surface area (Å²) in [5, 5.41) is 8.67. The summed E-state index contributed by atoms with van der Waals surface area (Å²) >= 11 is 0. The number of aliphatic carboxylic acids is 1. The Kier molecular flexibility index (Phi) is 3.48. The number of carboxylic acid groups (broad SMARTS) is 1. The fourth-order valence-corrected chi connectivity index (χ4v) is 0.537. The van der Waals surface area contributed by atoms with Gasteiger partial charge in [-0.1, -0.05) is 6.92 Å². The Labute approximate surface area is 64.9 Å². The topological polar surface area (TPSA) is 66.7 Å². The summed E-state index contributed by atoms with van der Waals surface area (Å²) in [6.07, 6.45) is 1.78. The zero-order valence-electron chi connectivity index (χ0n) is 6.63. The molecule has 0 fully saturated rings. The second-order valence-electron chi connectivity index (χ2n) is 2.63. The van der Waals surface area contributed by atoms with Gasteiger partial charge in [-0.15, -0.1) is 0 Å². The van der Waals surface area contributed by atoms with E-state index in [1.165, 1.54) is 6.08 Å². The molecule has 0 heterocycles. The van der Waals surface area contributed by atoms with E-state index >= 15 is 0 Å². The van der Waals surface area contributed by atoms with Crippen molar-refractivity contribution in [3.8, 4) is 0 Å². The summed E-state index contributed by atoms with van der Waals surface area (Å²) < 4.78 is 0. The van der Waals surface area contributed by atoms with Gasteiger partial charge in [0, 0.05) is 0 Å². The molecule has 11 heavy (non-hydrogen) atoms. The Morgan fingerprint density at radius 2 is 2.27 bits per heavy atom. The molecule has 0 aliphatic carbocycles. The number of carbonyl (C=O) groups excluding carboxylic acids is 1. The molecule has 4 heteroatoms. The summed E-state index contributed by atoms with van der Waals surface area (Å²) in [5.74, 6) is -0.931. The Hall–Kier alpha value is -1.15. The first-order valence-corrected chi connectivity index (χ1v) is 3.34. The van der Waals surface area contributed by atoms with Gasteiger partial charge in [-0.05, 0) is 13.3 Å². The number of hydrogen-bond acceptors (Lipinski definition) is 3. The third kappa shape index (κ3) is 2.51. The third-order valence-corrected chi connectivity index (χ3v) is 1.79. The minimum absolute atomic E-state index is 0.00231. The van der Waals surface area contributed by atoms with Gasteiger partial charge in [0.25, 0.3) is 0 Å². The highest BCUT2D eigenvalue weighted by Crippen LogP contribution is 2.20. The number of rotatable bonds is 4. The van der Waals surface area contributed by atoms with Gasteiger partial charge in [0.15, 0.2) is 0 Å². The van der Waals surface area contributed by atoms with Crippen molar-refractivity contribution in [3.63, 3.8) is 0 Å². The minimum Gasteiger partial charge on any atom is -0.481 e. The van der Waals surface area contributed by atoms with Crippen LogP contribution in [0.5, 0.6) is 0 Å². The van der Waals surface area contributed by atoms with Crippen molar-refractivity contribution >= 4 is 12.0 Å².